The summed E-state index contributed by atoms with van der Waals surface area (Å²) in [5, 5.41) is 9.33. The first kappa shape index (κ1) is 19.5. The summed E-state index contributed by atoms with van der Waals surface area (Å²) in [6, 6.07) is 11.4. The van der Waals surface area contributed by atoms with Crippen LogP contribution in [0.4, 0.5) is 0 Å². The lowest BCUT2D eigenvalue weighted by atomic mass is 9.92. The normalized spacial score (nSPS) is 22.8. The minimum atomic E-state index is -0.792. The molecular formula is C21H22ClNO4. The SMILES string of the molecule is O=C(O)CC/C=C\CC1COC(c2ccccc2Cl)OC1c1cccnc1. The highest BCUT2D eigenvalue weighted by molar-refractivity contribution is 6.31. The quantitative estimate of drug-likeness (QED) is 0.681. The third-order valence-corrected chi connectivity index (χ3v) is 4.81. The summed E-state index contributed by atoms with van der Waals surface area (Å²) >= 11 is 6.30. The van der Waals surface area contributed by atoms with Gasteiger partial charge in [0, 0.05) is 35.3 Å². The fraction of sp³-hybridized carbons (Fsp3) is 0.333. The van der Waals surface area contributed by atoms with Crippen LogP contribution in [0.25, 0.3) is 0 Å². The Kier molecular flexibility index (Phi) is 6.98. The summed E-state index contributed by atoms with van der Waals surface area (Å²) in [5.74, 6) is -0.686. The molecule has 3 unspecified atom stereocenters. The summed E-state index contributed by atoms with van der Waals surface area (Å²) in [7, 11) is 0. The molecule has 1 aliphatic heterocycles. The van der Waals surface area contributed by atoms with Crippen molar-refractivity contribution in [1.29, 1.82) is 0 Å². The predicted octanol–water partition coefficient (Wildman–Crippen LogP) is 4.95. The van der Waals surface area contributed by atoms with E-state index >= 15 is 0 Å². The first-order valence-corrected chi connectivity index (χ1v) is 9.31. The Labute approximate surface area is 163 Å². The van der Waals surface area contributed by atoms with Crippen molar-refractivity contribution < 1.29 is 19.4 Å². The lowest BCUT2D eigenvalue weighted by Gasteiger charge is -2.37. The third-order valence-electron chi connectivity index (χ3n) is 4.46. The van der Waals surface area contributed by atoms with Gasteiger partial charge in [0.15, 0.2) is 6.29 Å². The summed E-state index contributed by atoms with van der Waals surface area (Å²) in [6.07, 6.45) is 8.10. The second-order valence-corrected chi connectivity index (χ2v) is 6.84. The van der Waals surface area contributed by atoms with Crippen LogP contribution in [0.5, 0.6) is 0 Å². The molecule has 1 saturated heterocycles. The van der Waals surface area contributed by atoms with Crippen LogP contribution in [0.15, 0.2) is 60.9 Å². The van der Waals surface area contributed by atoms with Crippen LogP contribution in [0.2, 0.25) is 5.02 Å². The highest BCUT2D eigenvalue weighted by atomic mass is 35.5. The molecule has 142 valence electrons. The molecule has 0 saturated carbocycles. The monoisotopic (exact) mass is 387 g/mol. The molecule has 1 aliphatic rings. The first-order chi connectivity index (χ1) is 13.1. The third kappa shape index (κ3) is 5.39. The Morgan fingerprint density at radius 3 is 2.85 bits per heavy atom. The molecule has 0 radical (unpaired) electrons. The Bertz CT molecular complexity index is 781. The Morgan fingerprint density at radius 1 is 1.26 bits per heavy atom. The van der Waals surface area contributed by atoms with Gasteiger partial charge in [-0.25, -0.2) is 0 Å². The Morgan fingerprint density at radius 2 is 2.11 bits per heavy atom. The van der Waals surface area contributed by atoms with E-state index in [-0.39, 0.29) is 18.4 Å². The molecule has 5 nitrogen and oxygen atoms in total. The average molecular weight is 388 g/mol. The second-order valence-electron chi connectivity index (χ2n) is 6.43. The van der Waals surface area contributed by atoms with Gasteiger partial charge < -0.3 is 14.6 Å². The molecule has 27 heavy (non-hydrogen) atoms. The number of aliphatic carboxylic acids is 1. The molecule has 0 spiro atoms. The number of allylic oxidation sites excluding steroid dienone is 2. The van der Waals surface area contributed by atoms with Crippen molar-refractivity contribution in [2.45, 2.75) is 31.7 Å². The van der Waals surface area contributed by atoms with Crippen molar-refractivity contribution in [3.63, 3.8) is 0 Å². The smallest absolute Gasteiger partial charge is 0.303 e. The number of nitrogens with zero attached hydrogens (tertiary/aromatic N) is 1. The molecule has 1 aromatic carbocycles. The molecule has 3 atom stereocenters. The summed E-state index contributed by atoms with van der Waals surface area (Å²) in [6.45, 7) is 0.513. The fourth-order valence-corrected chi connectivity index (χ4v) is 3.32. The van der Waals surface area contributed by atoms with Crippen LogP contribution in [0.3, 0.4) is 0 Å². The van der Waals surface area contributed by atoms with Crippen molar-refractivity contribution in [3.8, 4) is 0 Å². The van der Waals surface area contributed by atoms with Gasteiger partial charge in [0.25, 0.3) is 0 Å². The molecule has 1 aromatic heterocycles. The lowest BCUT2D eigenvalue weighted by Crippen LogP contribution is -2.30. The van der Waals surface area contributed by atoms with E-state index in [2.05, 4.69) is 4.98 Å². The topological polar surface area (TPSA) is 68.7 Å². The number of benzene rings is 1. The number of carboxylic acids is 1. The van der Waals surface area contributed by atoms with Crippen molar-refractivity contribution in [2.75, 3.05) is 6.61 Å². The van der Waals surface area contributed by atoms with E-state index in [1.165, 1.54) is 0 Å². The van der Waals surface area contributed by atoms with E-state index in [0.717, 1.165) is 17.5 Å². The molecule has 1 N–H and O–H groups in total. The van der Waals surface area contributed by atoms with Crippen LogP contribution < -0.4 is 0 Å². The minimum absolute atomic E-state index is 0.106. The van der Waals surface area contributed by atoms with Crippen molar-refractivity contribution in [2.24, 2.45) is 5.92 Å². The second kappa shape index (κ2) is 9.65. The molecule has 0 aliphatic carbocycles. The van der Waals surface area contributed by atoms with Crippen molar-refractivity contribution in [1.82, 2.24) is 4.98 Å². The van der Waals surface area contributed by atoms with E-state index in [1.807, 2.05) is 48.6 Å². The zero-order chi connectivity index (χ0) is 19.1. The molecule has 2 heterocycles. The van der Waals surface area contributed by atoms with Crippen LogP contribution >= 0.6 is 11.6 Å². The number of pyridine rings is 1. The van der Waals surface area contributed by atoms with Gasteiger partial charge in [-0.1, -0.05) is 48.0 Å². The average Bonchev–Trinajstić information content (AvgIpc) is 2.69. The highest BCUT2D eigenvalue weighted by Crippen LogP contribution is 2.41. The minimum Gasteiger partial charge on any atom is -0.481 e. The van der Waals surface area contributed by atoms with Crippen LogP contribution in [0, 0.1) is 5.92 Å². The number of hydrogen-bond donors (Lipinski definition) is 1. The van der Waals surface area contributed by atoms with Gasteiger partial charge in [0.1, 0.15) is 0 Å². The summed E-state index contributed by atoms with van der Waals surface area (Å²) in [5.41, 5.74) is 1.80. The molecule has 0 bridgehead atoms. The van der Waals surface area contributed by atoms with Gasteiger partial charge in [-0.3, -0.25) is 9.78 Å². The van der Waals surface area contributed by atoms with Crippen LogP contribution in [-0.2, 0) is 14.3 Å². The largest absolute Gasteiger partial charge is 0.481 e. The maximum Gasteiger partial charge on any atom is 0.303 e. The first-order valence-electron chi connectivity index (χ1n) is 8.93. The number of carbonyl (C=O) groups is 1. The number of ether oxygens (including phenoxy) is 2. The fourth-order valence-electron chi connectivity index (χ4n) is 3.09. The highest BCUT2D eigenvalue weighted by Gasteiger charge is 2.34. The van der Waals surface area contributed by atoms with E-state index in [0.29, 0.717) is 18.1 Å². The molecule has 3 rings (SSSR count). The maximum absolute atomic E-state index is 10.6. The summed E-state index contributed by atoms with van der Waals surface area (Å²) in [4.78, 5) is 14.8. The van der Waals surface area contributed by atoms with E-state index in [4.69, 9.17) is 26.2 Å². The van der Waals surface area contributed by atoms with E-state index in [9.17, 15) is 4.79 Å². The summed E-state index contributed by atoms with van der Waals surface area (Å²) < 4.78 is 12.2. The van der Waals surface area contributed by atoms with Crippen LogP contribution in [0.1, 0.15) is 42.8 Å². The number of halogens is 1. The molecular weight excluding hydrogens is 366 g/mol. The molecule has 2 aromatic rings. The van der Waals surface area contributed by atoms with E-state index in [1.54, 1.807) is 12.4 Å². The standard InChI is InChI=1S/C21H22ClNO4/c22-18-10-5-4-9-17(18)21-26-14-16(7-2-1-3-11-19(24)25)20(27-21)15-8-6-12-23-13-15/h1-2,4-6,8-10,12-13,16,20-21H,3,7,11,14H2,(H,24,25)/b2-1-. The van der Waals surface area contributed by atoms with Crippen molar-refractivity contribution in [3.05, 3.63) is 77.1 Å². The maximum atomic E-state index is 10.6. The Hall–Kier alpha value is -2.21. The number of aromatic nitrogens is 1. The van der Waals surface area contributed by atoms with Gasteiger partial charge in [0.05, 0.1) is 12.7 Å². The molecule has 0 amide bonds. The number of carboxylic acid groups (broad SMARTS) is 1. The lowest BCUT2D eigenvalue weighted by molar-refractivity contribution is -0.243. The van der Waals surface area contributed by atoms with Gasteiger partial charge in [-0.05, 0) is 30.5 Å². The number of rotatable bonds is 7. The Balaban J connectivity index is 1.72. The van der Waals surface area contributed by atoms with Gasteiger partial charge >= 0.3 is 5.97 Å². The van der Waals surface area contributed by atoms with Gasteiger partial charge in [-0.15, -0.1) is 0 Å². The van der Waals surface area contributed by atoms with Crippen molar-refractivity contribution >= 4 is 17.6 Å². The van der Waals surface area contributed by atoms with Crippen LogP contribution in [-0.4, -0.2) is 22.7 Å². The zero-order valence-corrected chi connectivity index (χ0v) is 15.6. The predicted molar refractivity (Wildman–Crippen MR) is 102 cm³/mol. The van der Waals surface area contributed by atoms with Gasteiger partial charge in [0.2, 0.25) is 0 Å². The molecule has 1 fully saturated rings. The van der Waals surface area contributed by atoms with Gasteiger partial charge in [-0.2, -0.15) is 0 Å². The molecule has 6 heteroatoms. The zero-order valence-electron chi connectivity index (χ0n) is 14.8. The number of hydrogen-bond acceptors (Lipinski definition) is 4. The van der Waals surface area contributed by atoms with E-state index < -0.39 is 12.3 Å².